The van der Waals surface area contributed by atoms with Crippen molar-refractivity contribution in [3.63, 3.8) is 0 Å². The summed E-state index contributed by atoms with van der Waals surface area (Å²) in [5.74, 6) is 3.72. The van der Waals surface area contributed by atoms with Gasteiger partial charge in [-0.25, -0.2) is 4.98 Å². The summed E-state index contributed by atoms with van der Waals surface area (Å²) in [5.41, 5.74) is 0. The fourth-order valence-corrected chi connectivity index (χ4v) is 4.28. The molecule has 1 aromatic rings. The number of aliphatic hydroxyl groups is 1. The second kappa shape index (κ2) is 5.66. The smallest absolute Gasteiger partial charge is 0.111 e. The first kappa shape index (κ1) is 13.2. The van der Waals surface area contributed by atoms with E-state index < -0.39 is 0 Å². The Morgan fingerprint density at radius 3 is 3.00 bits per heavy atom. The first-order valence-electron chi connectivity index (χ1n) is 7.94. The third-order valence-electron chi connectivity index (χ3n) is 5.14. The van der Waals surface area contributed by atoms with Crippen molar-refractivity contribution in [1.29, 1.82) is 0 Å². The van der Waals surface area contributed by atoms with Crippen LogP contribution in [0.25, 0.3) is 0 Å². The molecule has 3 heteroatoms. The van der Waals surface area contributed by atoms with Crippen LogP contribution in [0.1, 0.15) is 51.3 Å². The van der Waals surface area contributed by atoms with E-state index in [-0.39, 0.29) is 6.10 Å². The van der Waals surface area contributed by atoms with E-state index in [4.69, 9.17) is 0 Å². The molecule has 0 amide bonds. The highest BCUT2D eigenvalue weighted by Crippen LogP contribution is 2.49. The maximum atomic E-state index is 10.3. The van der Waals surface area contributed by atoms with E-state index >= 15 is 0 Å². The van der Waals surface area contributed by atoms with E-state index in [0.717, 1.165) is 49.4 Å². The van der Waals surface area contributed by atoms with Crippen LogP contribution in [0.3, 0.4) is 0 Å². The molecular formula is C16H26N2O. The van der Waals surface area contributed by atoms with Crippen molar-refractivity contribution in [3.05, 3.63) is 18.2 Å². The monoisotopic (exact) mass is 262 g/mol. The Kier molecular flexibility index (Phi) is 3.92. The standard InChI is InChI=1S/C16H26N2O/c1-2-6-18-7-5-17-16(18)11-15(19)10-14-9-12-3-4-13(14)8-12/h5,7,12-15,19H,2-4,6,8-11H2,1H3. The normalized spacial score (nSPS) is 30.9. The summed E-state index contributed by atoms with van der Waals surface area (Å²) in [7, 11) is 0. The first-order valence-corrected chi connectivity index (χ1v) is 7.94. The van der Waals surface area contributed by atoms with Crippen molar-refractivity contribution in [2.45, 2.75) is 64.5 Å². The molecule has 106 valence electrons. The van der Waals surface area contributed by atoms with Gasteiger partial charge in [0.15, 0.2) is 0 Å². The van der Waals surface area contributed by atoms with E-state index in [2.05, 4.69) is 16.5 Å². The first-order chi connectivity index (χ1) is 9.26. The van der Waals surface area contributed by atoms with E-state index in [9.17, 15) is 5.11 Å². The minimum absolute atomic E-state index is 0.206. The molecule has 3 rings (SSSR count). The lowest BCUT2D eigenvalue weighted by atomic mass is 9.84. The van der Waals surface area contributed by atoms with E-state index in [1.165, 1.54) is 25.7 Å². The summed E-state index contributed by atoms with van der Waals surface area (Å²) in [4.78, 5) is 4.40. The lowest BCUT2D eigenvalue weighted by Gasteiger charge is -2.24. The highest BCUT2D eigenvalue weighted by Gasteiger charge is 2.39. The van der Waals surface area contributed by atoms with E-state index in [1.807, 2.05) is 12.4 Å². The summed E-state index contributed by atoms with van der Waals surface area (Å²) in [6.07, 6.45) is 12.2. The molecule has 0 spiro atoms. The van der Waals surface area contributed by atoms with Gasteiger partial charge < -0.3 is 9.67 Å². The van der Waals surface area contributed by atoms with Gasteiger partial charge in [0.1, 0.15) is 5.82 Å². The largest absolute Gasteiger partial charge is 0.393 e. The second-order valence-corrected chi connectivity index (χ2v) is 6.57. The topological polar surface area (TPSA) is 38.0 Å². The number of fused-ring (bicyclic) bond motifs is 2. The Morgan fingerprint density at radius 2 is 2.32 bits per heavy atom. The lowest BCUT2D eigenvalue weighted by molar-refractivity contribution is 0.122. The van der Waals surface area contributed by atoms with Gasteiger partial charge in [0.25, 0.3) is 0 Å². The third kappa shape index (κ3) is 2.86. The Hall–Kier alpha value is -0.830. The van der Waals surface area contributed by atoms with Gasteiger partial charge in [-0.1, -0.05) is 13.3 Å². The average Bonchev–Trinajstić information content (AvgIpc) is 3.07. The van der Waals surface area contributed by atoms with Crippen LogP contribution in [0.5, 0.6) is 0 Å². The molecule has 0 aromatic carbocycles. The van der Waals surface area contributed by atoms with Gasteiger partial charge in [0, 0.05) is 25.4 Å². The van der Waals surface area contributed by atoms with Gasteiger partial charge in [-0.2, -0.15) is 0 Å². The molecule has 2 fully saturated rings. The van der Waals surface area contributed by atoms with Gasteiger partial charge >= 0.3 is 0 Å². The van der Waals surface area contributed by atoms with Crippen LogP contribution >= 0.6 is 0 Å². The van der Waals surface area contributed by atoms with E-state index in [1.54, 1.807) is 0 Å². The molecule has 2 bridgehead atoms. The minimum Gasteiger partial charge on any atom is -0.393 e. The summed E-state index contributed by atoms with van der Waals surface area (Å²) in [6.45, 7) is 3.19. The molecule has 4 unspecified atom stereocenters. The van der Waals surface area contributed by atoms with Crippen LogP contribution in [0.15, 0.2) is 12.4 Å². The molecule has 0 radical (unpaired) electrons. The van der Waals surface area contributed by atoms with Crippen molar-refractivity contribution in [2.24, 2.45) is 17.8 Å². The van der Waals surface area contributed by atoms with Crippen molar-refractivity contribution < 1.29 is 5.11 Å². The fraction of sp³-hybridized carbons (Fsp3) is 0.812. The van der Waals surface area contributed by atoms with Crippen LogP contribution in [-0.4, -0.2) is 20.8 Å². The lowest BCUT2D eigenvalue weighted by Crippen LogP contribution is -2.21. The van der Waals surface area contributed by atoms with Crippen molar-refractivity contribution in [3.8, 4) is 0 Å². The van der Waals surface area contributed by atoms with Gasteiger partial charge in [0.2, 0.25) is 0 Å². The minimum atomic E-state index is -0.206. The Bertz CT molecular complexity index is 415. The van der Waals surface area contributed by atoms with Gasteiger partial charge in [-0.3, -0.25) is 0 Å². The molecule has 0 saturated heterocycles. The number of aromatic nitrogens is 2. The highest BCUT2D eigenvalue weighted by atomic mass is 16.3. The number of imidazole rings is 1. The summed E-state index contributed by atoms with van der Waals surface area (Å²) in [6, 6.07) is 0. The third-order valence-corrected chi connectivity index (χ3v) is 5.14. The van der Waals surface area contributed by atoms with E-state index in [0.29, 0.717) is 0 Å². The van der Waals surface area contributed by atoms with Gasteiger partial charge in [-0.05, 0) is 49.9 Å². The highest BCUT2D eigenvalue weighted by molar-refractivity contribution is 4.96. The number of aliphatic hydroxyl groups excluding tert-OH is 1. The molecule has 1 aromatic heterocycles. The summed E-state index contributed by atoms with van der Waals surface area (Å²) >= 11 is 0. The Morgan fingerprint density at radius 1 is 1.42 bits per heavy atom. The number of hydrogen-bond donors (Lipinski definition) is 1. The SMILES string of the molecule is CCCn1ccnc1CC(O)CC1CC2CCC1C2. The fourth-order valence-electron chi connectivity index (χ4n) is 4.28. The molecule has 4 atom stereocenters. The molecular weight excluding hydrogens is 236 g/mol. The van der Waals surface area contributed by atoms with Gasteiger partial charge in [-0.15, -0.1) is 0 Å². The molecule has 1 N–H and O–H groups in total. The predicted molar refractivity (Wildman–Crippen MR) is 75.8 cm³/mol. The molecule has 3 nitrogen and oxygen atoms in total. The molecule has 2 saturated carbocycles. The maximum Gasteiger partial charge on any atom is 0.111 e. The molecule has 2 aliphatic rings. The van der Waals surface area contributed by atoms with Crippen LogP contribution in [0.2, 0.25) is 0 Å². The summed E-state index contributed by atoms with van der Waals surface area (Å²) < 4.78 is 2.18. The summed E-state index contributed by atoms with van der Waals surface area (Å²) in [5, 5.41) is 10.3. The zero-order valence-corrected chi connectivity index (χ0v) is 12.0. The Balaban J connectivity index is 1.53. The quantitative estimate of drug-likeness (QED) is 0.855. The van der Waals surface area contributed by atoms with Crippen molar-refractivity contribution in [1.82, 2.24) is 9.55 Å². The van der Waals surface area contributed by atoms with Crippen LogP contribution < -0.4 is 0 Å². The van der Waals surface area contributed by atoms with Crippen LogP contribution in [-0.2, 0) is 13.0 Å². The predicted octanol–water partition coefficient (Wildman–Crippen LogP) is 3.02. The zero-order chi connectivity index (χ0) is 13.2. The van der Waals surface area contributed by atoms with Crippen molar-refractivity contribution >= 4 is 0 Å². The molecule has 19 heavy (non-hydrogen) atoms. The maximum absolute atomic E-state index is 10.3. The molecule has 0 aliphatic heterocycles. The average molecular weight is 262 g/mol. The number of hydrogen-bond acceptors (Lipinski definition) is 2. The van der Waals surface area contributed by atoms with Crippen LogP contribution in [0, 0.1) is 17.8 Å². The number of aryl methyl sites for hydroxylation is 1. The van der Waals surface area contributed by atoms with Crippen LogP contribution in [0.4, 0.5) is 0 Å². The number of nitrogens with zero attached hydrogens (tertiary/aromatic N) is 2. The molecule has 2 aliphatic carbocycles. The second-order valence-electron chi connectivity index (χ2n) is 6.57. The number of rotatable bonds is 6. The van der Waals surface area contributed by atoms with Crippen molar-refractivity contribution in [2.75, 3.05) is 0 Å². The Labute approximate surface area is 116 Å². The molecule has 1 heterocycles. The van der Waals surface area contributed by atoms with Gasteiger partial charge in [0.05, 0.1) is 6.10 Å². The zero-order valence-electron chi connectivity index (χ0n) is 12.0.